The van der Waals surface area contributed by atoms with E-state index in [0.717, 1.165) is 31.2 Å². The highest BCUT2D eigenvalue weighted by Crippen LogP contribution is 2.47. The van der Waals surface area contributed by atoms with E-state index in [2.05, 4.69) is 6.07 Å². The van der Waals surface area contributed by atoms with Crippen LogP contribution in [0.5, 0.6) is 0 Å². The Kier molecular flexibility index (Phi) is 3.06. The number of likely N-dealkylation sites (tertiary alicyclic amines) is 1. The summed E-state index contributed by atoms with van der Waals surface area (Å²) in [6, 6.07) is 9.09. The third-order valence-corrected chi connectivity index (χ3v) is 4.47. The predicted octanol–water partition coefficient (Wildman–Crippen LogP) is 2.38. The molecule has 1 aliphatic carbocycles. The van der Waals surface area contributed by atoms with Crippen LogP contribution < -0.4 is 0 Å². The Labute approximate surface area is 118 Å². The van der Waals surface area contributed by atoms with Crippen molar-refractivity contribution in [2.45, 2.75) is 38.6 Å². The molecule has 4 heteroatoms. The maximum absolute atomic E-state index is 12.5. The largest absolute Gasteiger partial charge is 0.278 e. The molecule has 2 amide bonds. The first-order chi connectivity index (χ1) is 9.64. The van der Waals surface area contributed by atoms with Crippen LogP contribution in [-0.4, -0.2) is 16.7 Å². The van der Waals surface area contributed by atoms with Gasteiger partial charge in [0.05, 0.1) is 23.6 Å². The van der Waals surface area contributed by atoms with Crippen molar-refractivity contribution in [3.8, 4) is 6.07 Å². The summed E-state index contributed by atoms with van der Waals surface area (Å²) >= 11 is 0. The molecule has 0 bridgehead atoms. The summed E-state index contributed by atoms with van der Waals surface area (Å²) in [6.45, 7) is 0.325. The van der Waals surface area contributed by atoms with Crippen LogP contribution in [0.4, 0.5) is 0 Å². The fraction of sp³-hybridized carbons (Fsp3) is 0.438. The lowest BCUT2D eigenvalue weighted by atomic mass is 9.84. The van der Waals surface area contributed by atoms with E-state index in [1.54, 1.807) is 24.3 Å². The molecule has 20 heavy (non-hydrogen) atoms. The van der Waals surface area contributed by atoms with E-state index in [1.807, 2.05) is 0 Å². The number of nitriles is 1. The molecule has 1 heterocycles. The van der Waals surface area contributed by atoms with Crippen LogP contribution in [0.25, 0.3) is 0 Å². The number of hydrogen-bond acceptors (Lipinski definition) is 3. The molecule has 0 atom stereocenters. The minimum Gasteiger partial charge on any atom is -0.278 e. The van der Waals surface area contributed by atoms with E-state index < -0.39 is 5.41 Å². The summed E-state index contributed by atoms with van der Waals surface area (Å²) in [4.78, 5) is 26.0. The normalized spacial score (nSPS) is 20.6. The minimum atomic E-state index is -0.399. The van der Waals surface area contributed by atoms with Gasteiger partial charge in [0, 0.05) is 6.42 Å². The molecule has 0 unspecified atom stereocenters. The second-order valence-electron chi connectivity index (χ2n) is 5.76. The van der Waals surface area contributed by atoms with Crippen molar-refractivity contribution in [3.63, 3.8) is 0 Å². The van der Waals surface area contributed by atoms with Crippen molar-refractivity contribution >= 4 is 11.8 Å². The fourth-order valence-electron chi connectivity index (χ4n) is 3.33. The maximum Gasteiger partial charge on any atom is 0.236 e. The van der Waals surface area contributed by atoms with Gasteiger partial charge in [-0.05, 0) is 30.5 Å². The van der Waals surface area contributed by atoms with E-state index in [4.69, 9.17) is 5.26 Å². The maximum atomic E-state index is 12.5. The summed E-state index contributed by atoms with van der Waals surface area (Å²) in [5.41, 5.74) is 1.07. The van der Waals surface area contributed by atoms with Crippen LogP contribution in [0, 0.1) is 16.7 Å². The summed E-state index contributed by atoms with van der Waals surface area (Å²) in [5, 5.41) is 8.77. The Hall–Kier alpha value is -2.15. The van der Waals surface area contributed by atoms with Gasteiger partial charge >= 0.3 is 0 Å². The van der Waals surface area contributed by atoms with E-state index in [-0.39, 0.29) is 11.8 Å². The van der Waals surface area contributed by atoms with E-state index in [0.29, 0.717) is 18.5 Å². The Bertz CT molecular complexity index is 592. The van der Waals surface area contributed by atoms with Crippen LogP contribution >= 0.6 is 0 Å². The molecule has 1 aliphatic heterocycles. The van der Waals surface area contributed by atoms with Crippen LogP contribution in [0.3, 0.4) is 0 Å². The average Bonchev–Trinajstić information content (AvgIpc) is 3.01. The Morgan fingerprint density at radius 3 is 2.40 bits per heavy atom. The summed E-state index contributed by atoms with van der Waals surface area (Å²) in [5.74, 6) is -0.0504. The topological polar surface area (TPSA) is 61.2 Å². The Balaban J connectivity index is 1.78. The lowest BCUT2D eigenvalue weighted by molar-refractivity contribution is -0.142. The summed E-state index contributed by atoms with van der Waals surface area (Å²) in [6.07, 6.45) is 4.17. The Morgan fingerprint density at radius 2 is 1.80 bits per heavy atom. The first-order valence-corrected chi connectivity index (χ1v) is 6.98. The van der Waals surface area contributed by atoms with Gasteiger partial charge in [0.25, 0.3) is 0 Å². The van der Waals surface area contributed by atoms with Crippen molar-refractivity contribution in [2.75, 3.05) is 0 Å². The Morgan fingerprint density at radius 1 is 1.15 bits per heavy atom. The number of rotatable bonds is 2. The number of imide groups is 1. The van der Waals surface area contributed by atoms with Gasteiger partial charge in [-0.25, -0.2) is 0 Å². The van der Waals surface area contributed by atoms with Crippen molar-refractivity contribution < 1.29 is 9.59 Å². The zero-order valence-electron chi connectivity index (χ0n) is 11.3. The third kappa shape index (κ3) is 2.00. The molecule has 0 radical (unpaired) electrons. The molecule has 1 aromatic carbocycles. The number of amides is 2. The third-order valence-electron chi connectivity index (χ3n) is 4.47. The van der Waals surface area contributed by atoms with Crippen molar-refractivity contribution in [1.29, 1.82) is 5.26 Å². The number of benzene rings is 1. The zero-order chi connectivity index (χ0) is 14.2. The molecule has 102 valence electrons. The molecule has 1 spiro atoms. The highest BCUT2D eigenvalue weighted by Gasteiger charge is 2.52. The van der Waals surface area contributed by atoms with Crippen molar-refractivity contribution in [1.82, 2.24) is 4.90 Å². The predicted molar refractivity (Wildman–Crippen MR) is 72.2 cm³/mol. The molecule has 1 saturated heterocycles. The zero-order valence-corrected chi connectivity index (χ0v) is 11.3. The molecular formula is C16H16N2O2. The van der Waals surface area contributed by atoms with Crippen LogP contribution in [0.1, 0.15) is 43.2 Å². The van der Waals surface area contributed by atoms with Gasteiger partial charge < -0.3 is 0 Å². The molecule has 2 fully saturated rings. The number of carbonyl (C=O) groups is 2. The van der Waals surface area contributed by atoms with Gasteiger partial charge in [-0.2, -0.15) is 5.26 Å². The highest BCUT2D eigenvalue weighted by molar-refractivity contribution is 6.05. The summed E-state index contributed by atoms with van der Waals surface area (Å²) in [7, 11) is 0. The van der Waals surface area contributed by atoms with Crippen molar-refractivity contribution in [3.05, 3.63) is 35.4 Å². The molecular weight excluding hydrogens is 252 g/mol. The average molecular weight is 268 g/mol. The minimum absolute atomic E-state index is 0.00404. The summed E-state index contributed by atoms with van der Waals surface area (Å²) < 4.78 is 0. The number of nitrogens with zero attached hydrogens (tertiary/aromatic N) is 2. The van der Waals surface area contributed by atoms with Gasteiger partial charge in [-0.15, -0.1) is 0 Å². The van der Waals surface area contributed by atoms with Gasteiger partial charge in [0.15, 0.2) is 0 Å². The quantitative estimate of drug-likeness (QED) is 0.774. The number of hydrogen-bond donors (Lipinski definition) is 0. The smallest absolute Gasteiger partial charge is 0.236 e. The van der Waals surface area contributed by atoms with Gasteiger partial charge in [0.1, 0.15) is 0 Å². The molecule has 2 aliphatic rings. The van der Waals surface area contributed by atoms with Crippen LogP contribution in [-0.2, 0) is 16.1 Å². The molecule has 3 rings (SSSR count). The lowest BCUT2D eigenvalue weighted by Crippen LogP contribution is -2.33. The first kappa shape index (κ1) is 12.9. The standard InChI is InChI=1S/C16H16N2O2/c17-10-12-3-5-13(6-4-12)11-18-14(19)9-16(15(18)20)7-1-2-8-16/h3-6H,1-2,7-9,11H2. The van der Waals surface area contributed by atoms with Crippen LogP contribution in [0.15, 0.2) is 24.3 Å². The monoisotopic (exact) mass is 268 g/mol. The molecule has 0 aromatic heterocycles. The SMILES string of the molecule is N#Cc1ccc(CN2C(=O)CC3(CCCC3)C2=O)cc1. The second kappa shape index (κ2) is 4.75. The van der Waals surface area contributed by atoms with Crippen molar-refractivity contribution in [2.24, 2.45) is 5.41 Å². The highest BCUT2D eigenvalue weighted by atomic mass is 16.2. The van der Waals surface area contributed by atoms with Gasteiger partial charge in [-0.1, -0.05) is 25.0 Å². The van der Waals surface area contributed by atoms with Gasteiger partial charge in [0.2, 0.25) is 11.8 Å². The molecule has 0 N–H and O–H groups in total. The van der Waals surface area contributed by atoms with Gasteiger partial charge in [-0.3, -0.25) is 14.5 Å². The molecule has 4 nitrogen and oxygen atoms in total. The van der Waals surface area contributed by atoms with E-state index >= 15 is 0 Å². The molecule has 1 saturated carbocycles. The molecule has 1 aromatic rings. The first-order valence-electron chi connectivity index (χ1n) is 6.98. The van der Waals surface area contributed by atoms with Crippen LogP contribution in [0.2, 0.25) is 0 Å². The van der Waals surface area contributed by atoms with E-state index in [1.165, 1.54) is 4.90 Å². The number of carbonyl (C=O) groups excluding carboxylic acids is 2. The van der Waals surface area contributed by atoms with E-state index in [9.17, 15) is 9.59 Å². The second-order valence-corrected chi connectivity index (χ2v) is 5.76. The fourth-order valence-corrected chi connectivity index (χ4v) is 3.33. The lowest BCUT2D eigenvalue weighted by Gasteiger charge is -2.20.